The number of carbonyl (C=O) groups is 2. The van der Waals surface area contributed by atoms with Crippen LogP contribution in [0.5, 0.6) is 5.75 Å². The molecule has 34 heavy (non-hydrogen) atoms. The maximum atomic E-state index is 14.4. The van der Waals surface area contributed by atoms with Gasteiger partial charge in [0.1, 0.15) is 11.6 Å². The van der Waals surface area contributed by atoms with Gasteiger partial charge >= 0.3 is 0 Å². The maximum absolute atomic E-state index is 14.4. The van der Waals surface area contributed by atoms with Crippen molar-refractivity contribution in [3.05, 3.63) is 65.0 Å². The Bertz CT molecular complexity index is 1030. The van der Waals surface area contributed by atoms with E-state index in [9.17, 15) is 24.2 Å². The number of hydrogen-bond acceptors (Lipinski definition) is 5. The van der Waals surface area contributed by atoms with Gasteiger partial charge in [0.15, 0.2) is 6.61 Å². The van der Waals surface area contributed by atoms with Gasteiger partial charge in [0.05, 0.1) is 12.2 Å². The first-order valence-corrected chi connectivity index (χ1v) is 11.8. The van der Waals surface area contributed by atoms with Gasteiger partial charge in [0, 0.05) is 31.7 Å². The molecule has 7 nitrogen and oxygen atoms in total. The summed E-state index contributed by atoms with van der Waals surface area (Å²) in [7, 11) is 0. The average molecular weight is 471 g/mol. The molecule has 2 amide bonds. The Labute approximate surface area is 198 Å². The third-order valence-corrected chi connectivity index (χ3v) is 6.75. The third kappa shape index (κ3) is 5.39. The van der Waals surface area contributed by atoms with Crippen LogP contribution in [-0.4, -0.2) is 76.8 Å². The summed E-state index contributed by atoms with van der Waals surface area (Å²) in [6.45, 7) is 3.04. The summed E-state index contributed by atoms with van der Waals surface area (Å²) in [5, 5.41) is 19.2. The number of aryl methyl sites for hydroxylation is 1. The minimum atomic E-state index is -0.943. The SMILES string of the molecule is CCc1ccc(F)c(C2CCN(C(=O)c3cccc(OCC(=O)N4CC(O)C(O)C4)c3)CC2)c1. The molecule has 0 spiro atoms. The molecular weight excluding hydrogens is 439 g/mol. The molecule has 0 radical (unpaired) electrons. The fourth-order valence-electron chi connectivity index (χ4n) is 4.63. The van der Waals surface area contributed by atoms with Crippen molar-refractivity contribution in [3.8, 4) is 5.75 Å². The number of rotatable bonds is 6. The molecule has 8 heteroatoms. The van der Waals surface area contributed by atoms with Gasteiger partial charge in [0.25, 0.3) is 11.8 Å². The van der Waals surface area contributed by atoms with E-state index in [-0.39, 0.29) is 43.2 Å². The van der Waals surface area contributed by atoms with Gasteiger partial charge in [-0.1, -0.05) is 25.1 Å². The summed E-state index contributed by atoms with van der Waals surface area (Å²) in [6, 6.07) is 12.0. The Morgan fingerprint density at radius 2 is 1.74 bits per heavy atom. The summed E-state index contributed by atoms with van der Waals surface area (Å²) in [6.07, 6.45) is 0.376. The molecule has 2 aromatic rings. The van der Waals surface area contributed by atoms with E-state index in [2.05, 4.69) is 0 Å². The van der Waals surface area contributed by atoms with Gasteiger partial charge < -0.3 is 24.7 Å². The predicted molar refractivity (Wildman–Crippen MR) is 124 cm³/mol. The van der Waals surface area contributed by atoms with Gasteiger partial charge in [-0.25, -0.2) is 4.39 Å². The van der Waals surface area contributed by atoms with Gasteiger partial charge in [-0.15, -0.1) is 0 Å². The highest BCUT2D eigenvalue weighted by Gasteiger charge is 2.32. The molecule has 4 rings (SSSR count). The lowest BCUT2D eigenvalue weighted by Gasteiger charge is -2.32. The zero-order valence-electron chi connectivity index (χ0n) is 19.3. The molecule has 2 N–H and O–H groups in total. The van der Waals surface area contributed by atoms with E-state index < -0.39 is 12.2 Å². The molecular formula is C26H31FN2O5. The number of benzene rings is 2. The van der Waals surface area contributed by atoms with Crippen LogP contribution in [0.25, 0.3) is 0 Å². The molecule has 2 atom stereocenters. The second kappa shape index (κ2) is 10.5. The first kappa shape index (κ1) is 24.2. The number of ether oxygens (including phenoxy) is 1. The quantitative estimate of drug-likeness (QED) is 0.677. The molecule has 2 saturated heterocycles. The van der Waals surface area contributed by atoms with E-state index in [1.807, 2.05) is 19.1 Å². The summed E-state index contributed by atoms with van der Waals surface area (Å²) in [5.74, 6) is -0.149. The second-order valence-corrected chi connectivity index (χ2v) is 9.03. The first-order chi connectivity index (χ1) is 16.4. The molecule has 2 aliphatic rings. The first-order valence-electron chi connectivity index (χ1n) is 11.8. The number of amides is 2. The van der Waals surface area contributed by atoms with E-state index in [0.29, 0.717) is 37.2 Å². The Hall–Kier alpha value is -2.97. The van der Waals surface area contributed by atoms with Crippen molar-refractivity contribution in [2.75, 3.05) is 32.8 Å². The Kier molecular flexibility index (Phi) is 7.48. The van der Waals surface area contributed by atoms with E-state index in [0.717, 1.165) is 17.5 Å². The summed E-state index contributed by atoms with van der Waals surface area (Å²) >= 11 is 0. The van der Waals surface area contributed by atoms with Crippen molar-refractivity contribution >= 4 is 11.8 Å². The normalized spacial score (nSPS) is 21.1. The van der Waals surface area contributed by atoms with E-state index >= 15 is 0 Å². The number of β-amino-alcohol motifs (C(OH)–C–C–N with tert-alkyl or cyclic N) is 2. The van der Waals surface area contributed by atoms with Gasteiger partial charge in [0.2, 0.25) is 0 Å². The Morgan fingerprint density at radius 1 is 1.03 bits per heavy atom. The van der Waals surface area contributed by atoms with Crippen LogP contribution >= 0.6 is 0 Å². The summed E-state index contributed by atoms with van der Waals surface area (Å²) in [5.41, 5.74) is 2.32. The zero-order chi connectivity index (χ0) is 24.2. The van der Waals surface area contributed by atoms with Crippen molar-refractivity contribution in [1.29, 1.82) is 0 Å². The molecule has 0 bridgehead atoms. The zero-order valence-corrected chi connectivity index (χ0v) is 19.3. The average Bonchev–Trinajstić information content (AvgIpc) is 3.21. The van der Waals surface area contributed by atoms with E-state index in [1.165, 1.54) is 11.0 Å². The van der Waals surface area contributed by atoms with Crippen molar-refractivity contribution in [2.24, 2.45) is 0 Å². The second-order valence-electron chi connectivity index (χ2n) is 9.03. The number of aliphatic hydroxyl groups is 2. The van der Waals surface area contributed by atoms with Crippen LogP contribution in [-0.2, 0) is 11.2 Å². The lowest BCUT2D eigenvalue weighted by Crippen LogP contribution is -2.38. The molecule has 2 aromatic carbocycles. The van der Waals surface area contributed by atoms with Crippen LogP contribution in [0.3, 0.4) is 0 Å². The third-order valence-electron chi connectivity index (χ3n) is 6.75. The van der Waals surface area contributed by atoms with Crippen LogP contribution in [0.15, 0.2) is 42.5 Å². The fourth-order valence-corrected chi connectivity index (χ4v) is 4.63. The van der Waals surface area contributed by atoms with Crippen LogP contribution in [0.4, 0.5) is 4.39 Å². The molecule has 182 valence electrons. The molecule has 0 saturated carbocycles. The number of nitrogens with zero attached hydrogens (tertiary/aromatic N) is 2. The topological polar surface area (TPSA) is 90.3 Å². The van der Waals surface area contributed by atoms with Crippen LogP contribution in [0, 0.1) is 5.82 Å². The molecule has 0 aliphatic carbocycles. The Morgan fingerprint density at radius 3 is 2.41 bits per heavy atom. The Balaban J connectivity index is 1.33. The monoisotopic (exact) mass is 470 g/mol. The number of aliphatic hydroxyl groups excluding tert-OH is 2. The number of halogens is 1. The highest BCUT2D eigenvalue weighted by molar-refractivity contribution is 5.94. The minimum Gasteiger partial charge on any atom is -0.484 e. The van der Waals surface area contributed by atoms with E-state index in [4.69, 9.17) is 4.74 Å². The number of likely N-dealkylation sites (tertiary alicyclic amines) is 2. The van der Waals surface area contributed by atoms with Gasteiger partial charge in [-0.2, -0.15) is 0 Å². The van der Waals surface area contributed by atoms with Crippen LogP contribution in [0.2, 0.25) is 0 Å². The molecule has 2 fully saturated rings. The fraction of sp³-hybridized carbons (Fsp3) is 0.462. The summed E-state index contributed by atoms with van der Waals surface area (Å²) < 4.78 is 19.9. The molecule has 2 heterocycles. The largest absolute Gasteiger partial charge is 0.484 e. The number of hydrogen-bond donors (Lipinski definition) is 2. The van der Waals surface area contributed by atoms with Gasteiger partial charge in [-0.3, -0.25) is 9.59 Å². The van der Waals surface area contributed by atoms with Crippen molar-refractivity contribution in [2.45, 2.75) is 44.3 Å². The van der Waals surface area contributed by atoms with Crippen molar-refractivity contribution in [3.63, 3.8) is 0 Å². The number of piperidine rings is 1. The predicted octanol–water partition coefficient (Wildman–Crippen LogP) is 2.35. The molecule has 0 aromatic heterocycles. The highest BCUT2D eigenvalue weighted by atomic mass is 19.1. The maximum Gasteiger partial charge on any atom is 0.260 e. The van der Waals surface area contributed by atoms with E-state index in [1.54, 1.807) is 29.2 Å². The van der Waals surface area contributed by atoms with Crippen molar-refractivity contribution < 1.29 is 28.9 Å². The standard InChI is InChI=1S/C26H31FN2O5/c1-2-17-6-7-22(27)21(12-17)18-8-10-28(11-9-18)26(33)19-4-3-5-20(13-19)34-16-25(32)29-14-23(30)24(31)15-29/h3-7,12-13,18,23-24,30-31H,2,8-11,14-16H2,1H3. The smallest absolute Gasteiger partial charge is 0.260 e. The van der Waals surface area contributed by atoms with Crippen molar-refractivity contribution in [1.82, 2.24) is 9.80 Å². The summed E-state index contributed by atoms with van der Waals surface area (Å²) in [4.78, 5) is 28.4. The van der Waals surface area contributed by atoms with Crippen LogP contribution in [0.1, 0.15) is 47.2 Å². The lowest BCUT2D eigenvalue weighted by molar-refractivity contribution is -0.132. The molecule has 2 aliphatic heterocycles. The molecule has 2 unspecified atom stereocenters. The van der Waals surface area contributed by atoms with Gasteiger partial charge in [-0.05, 0) is 60.6 Å². The van der Waals surface area contributed by atoms with Crippen LogP contribution < -0.4 is 4.74 Å². The lowest BCUT2D eigenvalue weighted by atomic mass is 9.87. The minimum absolute atomic E-state index is 0.0739. The number of carbonyl (C=O) groups excluding carboxylic acids is 2. The highest BCUT2D eigenvalue weighted by Crippen LogP contribution is 2.31.